The molecule has 0 aliphatic rings. The Bertz CT molecular complexity index is 451. The summed E-state index contributed by atoms with van der Waals surface area (Å²) in [5, 5.41) is 0. The molecule has 1 nitrogen and oxygen atoms in total. The van der Waals surface area contributed by atoms with Crippen molar-refractivity contribution < 1.29 is 9.13 Å². The molecule has 0 fully saturated rings. The van der Waals surface area contributed by atoms with Gasteiger partial charge in [-0.3, -0.25) is 0 Å². The Kier molecular flexibility index (Phi) is 2.68. The minimum absolute atomic E-state index is 0.265. The molecule has 2 heteroatoms. The molecule has 0 spiro atoms. The first kappa shape index (κ1) is 9.71. The zero-order valence-corrected chi connectivity index (χ0v) is 8.33. The third kappa shape index (κ3) is 1.99. The monoisotopic (exact) mass is 201 g/mol. The van der Waals surface area contributed by atoms with Crippen LogP contribution >= 0.6 is 0 Å². The Morgan fingerprint density at radius 1 is 1.13 bits per heavy atom. The molecule has 0 amide bonds. The summed E-state index contributed by atoms with van der Waals surface area (Å²) in [5.41, 5.74) is 1.68. The van der Waals surface area contributed by atoms with Crippen LogP contribution < -0.4 is 4.74 Å². The summed E-state index contributed by atoms with van der Waals surface area (Å²) in [4.78, 5) is 0. The van der Waals surface area contributed by atoms with E-state index in [1.165, 1.54) is 12.1 Å². The predicted octanol–water partition coefficient (Wildman–Crippen LogP) is 3.30. The highest BCUT2D eigenvalue weighted by Crippen LogP contribution is 2.29. The molecule has 0 saturated heterocycles. The zero-order chi connectivity index (χ0) is 10.7. The fourth-order valence-electron chi connectivity index (χ4n) is 1.47. The van der Waals surface area contributed by atoms with E-state index in [1.54, 1.807) is 25.3 Å². The van der Waals surface area contributed by atoms with Gasteiger partial charge in [-0.15, -0.1) is 0 Å². The molecule has 15 heavy (non-hydrogen) atoms. The minimum Gasteiger partial charge on any atom is -0.496 e. The highest BCUT2D eigenvalue weighted by Gasteiger charge is 2.06. The maximum Gasteiger partial charge on any atom is 0.126 e. The van der Waals surface area contributed by atoms with Gasteiger partial charge in [-0.25, -0.2) is 4.39 Å². The van der Waals surface area contributed by atoms with Crippen molar-refractivity contribution >= 4 is 0 Å². The summed E-state index contributed by atoms with van der Waals surface area (Å²) in [6.07, 6.45) is 0. The van der Waals surface area contributed by atoms with Gasteiger partial charge in [-0.05, 0) is 29.8 Å². The SMILES string of the molecule is COc1ccc(F)cc1-c1cc[c]cc1. The number of rotatable bonds is 2. The standard InChI is InChI=1S/C13H10FO/c1-15-13-8-7-11(14)9-12(13)10-5-3-2-4-6-10/h3-9H,1H3. The van der Waals surface area contributed by atoms with Crippen LogP contribution in [0.25, 0.3) is 11.1 Å². The Hall–Kier alpha value is -1.83. The molecule has 2 aromatic carbocycles. The zero-order valence-electron chi connectivity index (χ0n) is 8.33. The lowest BCUT2D eigenvalue weighted by Crippen LogP contribution is -1.88. The lowest BCUT2D eigenvalue weighted by molar-refractivity contribution is 0.415. The molecule has 0 aliphatic heterocycles. The van der Waals surface area contributed by atoms with Crippen molar-refractivity contribution in [3.63, 3.8) is 0 Å². The van der Waals surface area contributed by atoms with Crippen LogP contribution in [0.1, 0.15) is 0 Å². The maximum atomic E-state index is 13.1. The lowest BCUT2D eigenvalue weighted by Gasteiger charge is -2.08. The number of hydrogen-bond donors (Lipinski definition) is 0. The smallest absolute Gasteiger partial charge is 0.126 e. The number of ether oxygens (including phenoxy) is 1. The molecule has 0 heterocycles. The van der Waals surface area contributed by atoms with E-state index in [-0.39, 0.29) is 5.82 Å². The second-order valence-electron chi connectivity index (χ2n) is 3.13. The number of hydrogen-bond acceptors (Lipinski definition) is 1. The van der Waals surface area contributed by atoms with Gasteiger partial charge in [0.1, 0.15) is 11.6 Å². The van der Waals surface area contributed by atoms with Gasteiger partial charge in [-0.1, -0.05) is 24.3 Å². The number of methoxy groups -OCH3 is 1. The Balaban J connectivity index is 2.56. The van der Waals surface area contributed by atoms with Crippen molar-refractivity contribution in [2.24, 2.45) is 0 Å². The summed E-state index contributed by atoms with van der Waals surface area (Å²) < 4.78 is 18.3. The molecule has 1 radical (unpaired) electrons. The van der Waals surface area contributed by atoms with Crippen LogP contribution in [0.4, 0.5) is 4.39 Å². The van der Waals surface area contributed by atoms with Gasteiger partial charge < -0.3 is 4.74 Å². The summed E-state index contributed by atoms with van der Waals surface area (Å²) in [6.45, 7) is 0. The molecule has 0 aromatic heterocycles. The third-order valence-electron chi connectivity index (χ3n) is 2.19. The van der Waals surface area contributed by atoms with Gasteiger partial charge in [-0.2, -0.15) is 0 Å². The molecule has 0 bridgehead atoms. The summed E-state index contributed by atoms with van der Waals surface area (Å²) in [5.74, 6) is 0.404. The summed E-state index contributed by atoms with van der Waals surface area (Å²) in [6, 6.07) is 14.7. The van der Waals surface area contributed by atoms with Crippen LogP contribution in [-0.2, 0) is 0 Å². The second-order valence-corrected chi connectivity index (χ2v) is 3.13. The molecular weight excluding hydrogens is 191 g/mol. The van der Waals surface area contributed by atoms with Gasteiger partial charge >= 0.3 is 0 Å². The third-order valence-corrected chi connectivity index (χ3v) is 2.19. The molecule has 0 N–H and O–H groups in total. The fourth-order valence-corrected chi connectivity index (χ4v) is 1.47. The molecule has 0 atom stereocenters. The molecule has 0 saturated carbocycles. The molecule has 0 aliphatic carbocycles. The number of benzene rings is 2. The van der Waals surface area contributed by atoms with Gasteiger partial charge in [0.25, 0.3) is 0 Å². The van der Waals surface area contributed by atoms with Crippen LogP contribution in [0.2, 0.25) is 0 Å². The second kappa shape index (κ2) is 4.13. The quantitative estimate of drug-likeness (QED) is 0.724. The Labute approximate surface area is 88.1 Å². The first-order valence-electron chi connectivity index (χ1n) is 4.61. The normalized spacial score (nSPS) is 10.0. The van der Waals surface area contributed by atoms with Gasteiger partial charge in [0.2, 0.25) is 0 Å². The molecule has 0 unspecified atom stereocenters. The van der Waals surface area contributed by atoms with Crippen molar-refractivity contribution in [2.75, 3.05) is 7.11 Å². The van der Waals surface area contributed by atoms with Gasteiger partial charge in [0.05, 0.1) is 7.11 Å². The first-order chi connectivity index (χ1) is 7.31. The summed E-state index contributed by atoms with van der Waals surface area (Å²) in [7, 11) is 1.58. The lowest BCUT2D eigenvalue weighted by atomic mass is 10.0. The predicted molar refractivity (Wildman–Crippen MR) is 57.2 cm³/mol. The molecular formula is C13H10FO. The Morgan fingerprint density at radius 2 is 1.87 bits per heavy atom. The average molecular weight is 201 g/mol. The summed E-state index contributed by atoms with van der Waals surface area (Å²) >= 11 is 0. The van der Waals surface area contributed by atoms with Crippen molar-refractivity contribution in [3.05, 3.63) is 54.3 Å². The van der Waals surface area contributed by atoms with Gasteiger partial charge in [0, 0.05) is 5.56 Å². The van der Waals surface area contributed by atoms with Crippen LogP contribution in [0.3, 0.4) is 0 Å². The topological polar surface area (TPSA) is 9.23 Å². The van der Waals surface area contributed by atoms with E-state index in [0.29, 0.717) is 5.75 Å². The molecule has 2 aromatic rings. The molecule has 2 rings (SSSR count). The van der Waals surface area contributed by atoms with E-state index < -0.39 is 0 Å². The first-order valence-corrected chi connectivity index (χ1v) is 4.61. The van der Waals surface area contributed by atoms with Crippen molar-refractivity contribution in [3.8, 4) is 16.9 Å². The maximum absolute atomic E-state index is 13.1. The van der Waals surface area contributed by atoms with Crippen LogP contribution in [0, 0.1) is 11.9 Å². The fraction of sp³-hybridized carbons (Fsp3) is 0.0769. The highest BCUT2D eigenvalue weighted by atomic mass is 19.1. The van der Waals surface area contributed by atoms with E-state index in [1.807, 2.05) is 12.1 Å². The van der Waals surface area contributed by atoms with E-state index in [9.17, 15) is 4.39 Å². The van der Waals surface area contributed by atoms with E-state index in [2.05, 4.69) is 6.07 Å². The van der Waals surface area contributed by atoms with Crippen LogP contribution in [-0.4, -0.2) is 7.11 Å². The van der Waals surface area contributed by atoms with Crippen molar-refractivity contribution in [1.82, 2.24) is 0 Å². The van der Waals surface area contributed by atoms with Gasteiger partial charge in [0.15, 0.2) is 0 Å². The van der Waals surface area contributed by atoms with Crippen LogP contribution in [0.5, 0.6) is 5.75 Å². The number of halogens is 1. The van der Waals surface area contributed by atoms with Crippen LogP contribution in [0.15, 0.2) is 42.5 Å². The van der Waals surface area contributed by atoms with E-state index in [0.717, 1.165) is 11.1 Å². The average Bonchev–Trinajstić information content (AvgIpc) is 2.30. The van der Waals surface area contributed by atoms with Crippen molar-refractivity contribution in [2.45, 2.75) is 0 Å². The molecule has 75 valence electrons. The van der Waals surface area contributed by atoms with E-state index in [4.69, 9.17) is 4.74 Å². The largest absolute Gasteiger partial charge is 0.496 e. The Morgan fingerprint density at radius 3 is 2.53 bits per heavy atom. The van der Waals surface area contributed by atoms with E-state index >= 15 is 0 Å². The minimum atomic E-state index is -0.265. The highest BCUT2D eigenvalue weighted by molar-refractivity contribution is 5.70. The van der Waals surface area contributed by atoms with Crippen molar-refractivity contribution in [1.29, 1.82) is 0 Å².